The Bertz CT molecular complexity index is 1000. The molecule has 0 aliphatic rings. The minimum atomic E-state index is -0.150. The standard InChI is InChI=1S/C23H25N3O3/c1-5-26(18-8-6-7-16(2)13-18)23(27)21-14-17(11-12-24-21)25-20-10-9-19(28-3)15-22(20)29-4/h6-15H,5H2,1-4H3,(H,24,25). The van der Waals surface area contributed by atoms with Gasteiger partial charge in [0.2, 0.25) is 0 Å². The Morgan fingerprint density at radius 1 is 1.07 bits per heavy atom. The summed E-state index contributed by atoms with van der Waals surface area (Å²) in [4.78, 5) is 19.1. The van der Waals surface area contributed by atoms with Gasteiger partial charge in [-0.05, 0) is 55.8 Å². The first-order valence-corrected chi connectivity index (χ1v) is 9.39. The number of carbonyl (C=O) groups is 1. The highest BCUT2D eigenvalue weighted by atomic mass is 16.5. The number of anilines is 3. The molecule has 0 atom stereocenters. The molecule has 150 valence electrons. The number of carbonyl (C=O) groups excluding carboxylic acids is 1. The van der Waals surface area contributed by atoms with E-state index in [4.69, 9.17) is 9.47 Å². The second-order valence-electron chi connectivity index (χ2n) is 6.51. The van der Waals surface area contributed by atoms with Crippen molar-refractivity contribution < 1.29 is 14.3 Å². The number of hydrogen-bond acceptors (Lipinski definition) is 5. The summed E-state index contributed by atoms with van der Waals surface area (Å²) in [6, 6.07) is 16.9. The van der Waals surface area contributed by atoms with Gasteiger partial charge in [-0.2, -0.15) is 0 Å². The van der Waals surface area contributed by atoms with Crippen LogP contribution in [0.15, 0.2) is 60.8 Å². The fraction of sp³-hybridized carbons (Fsp3) is 0.217. The molecule has 6 nitrogen and oxygen atoms in total. The number of benzene rings is 2. The van der Waals surface area contributed by atoms with Crippen molar-refractivity contribution in [3.05, 3.63) is 72.1 Å². The van der Waals surface area contributed by atoms with Crippen molar-refractivity contribution in [1.29, 1.82) is 0 Å². The van der Waals surface area contributed by atoms with Gasteiger partial charge in [0.1, 0.15) is 17.2 Å². The topological polar surface area (TPSA) is 63.7 Å². The Balaban J connectivity index is 1.86. The van der Waals surface area contributed by atoms with E-state index in [9.17, 15) is 4.79 Å². The zero-order valence-corrected chi connectivity index (χ0v) is 17.1. The average Bonchev–Trinajstić information content (AvgIpc) is 2.74. The highest BCUT2D eigenvalue weighted by Gasteiger charge is 2.18. The largest absolute Gasteiger partial charge is 0.497 e. The van der Waals surface area contributed by atoms with Crippen molar-refractivity contribution in [3.63, 3.8) is 0 Å². The number of pyridine rings is 1. The van der Waals surface area contributed by atoms with E-state index in [2.05, 4.69) is 10.3 Å². The maximum absolute atomic E-state index is 13.1. The Labute approximate surface area is 171 Å². The van der Waals surface area contributed by atoms with Crippen molar-refractivity contribution >= 4 is 23.0 Å². The number of rotatable bonds is 7. The molecule has 0 saturated carbocycles. The molecule has 1 heterocycles. The molecule has 0 spiro atoms. The van der Waals surface area contributed by atoms with Crippen LogP contribution >= 0.6 is 0 Å². The van der Waals surface area contributed by atoms with Crippen LogP contribution in [0.25, 0.3) is 0 Å². The normalized spacial score (nSPS) is 10.3. The molecule has 29 heavy (non-hydrogen) atoms. The summed E-state index contributed by atoms with van der Waals surface area (Å²) in [5.74, 6) is 1.20. The van der Waals surface area contributed by atoms with E-state index in [1.807, 2.05) is 56.3 Å². The maximum atomic E-state index is 13.1. The third-order valence-corrected chi connectivity index (χ3v) is 4.54. The van der Waals surface area contributed by atoms with Crippen molar-refractivity contribution in [2.45, 2.75) is 13.8 Å². The first-order valence-electron chi connectivity index (χ1n) is 9.39. The van der Waals surface area contributed by atoms with Gasteiger partial charge in [-0.25, -0.2) is 0 Å². The van der Waals surface area contributed by atoms with Crippen molar-refractivity contribution in [2.75, 3.05) is 31.0 Å². The number of aryl methyl sites for hydroxylation is 1. The van der Waals surface area contributed by atoms with Crippen LogP contribution in [0.3, 0.4) is 0 Å². The lowest BCUT2D eigenvalue weighted by Crippen LogP contribution is -2.31. The third-order valence-electron chi connectivity index (χ3n) is 4.54. The number of methoxy groups -OCH3 is 2. The first-order chi connectivity index (χ1) is 14.0. The number of nitrogens with zero attached hydrogens (tertiary/aromatic N) is 2. The fourth-order valence-corrected chi connectivity index (χ4v) is 3.06. The lowest BCUT2D eigenvalue weighted by atomic mass is 10.2. The number of ether oxygens (including phenoxy) is 2. The highest BCUT2D eigenvalue weighted by molar-refractivity contribution is 6.05. The number of hydrogen-bond donors (Lipinski definition) is 1. The molecule has 0 saturated heterocycles. The van der Waals surface area contributed by atoms with Crippen LogP contribution < -0.4 is 19.7 Å². The van der Waals surface area contributed by atoms with Gasteiger partial charge >= 0.3 is 0 Å². The molecule has 1 amide bonds. The smallest absolute Gasteiger partial charge is 0.276 e. The Hall–Kier alpha value is -3.54. The monoisotopic (exact) mass is 391 g/mol. The highest BCUT2D eigenvalue weighted by Crippen LogP contribution is 2.31. The van der Waals surface area contributed by atoms with Gasteiger partial charge in [-0.1, -0.05) is 12.1 Å². The predicted octanol–water partition coefficient (Wildman–Crippen LogP) is 4.82. The van der Waals surface area contributed by atoms with E-state index in [1.54, 1.807) is 37.4 Å². The fourth-order valence-electron chi connectivity index (χ4n) is 3.06. The van der Waals surface area contributed by atoms with Gasteiger partial charge in [0.15, 0.2) is 0 Å². The molecule has 2 aromatic carbocycles. The van der Waals surface area contributed by atoms with E-state index in [0.717, 1.165) is 22.6 Å². The van der Waals surface area contributed by atoms with E-state index in [0.29, 0.717) is 23.7 Å². The second-order valence-corrected chi connectivity index (χ2v) is 6.51. The van der Waals surface area contributed by atoms with Crippen LogP contribution in [-0.4, -0.2) is 31.7 Å². The first kappa shape index (κ1) is 20.2. The lowest BCUT2D eigenvalue weighted by Gasteiger charge is -2.21. The third kappa shape index (κ3) is 4.66. The predicted molar refractivity (Wildman–Crippen MR) is 116 cm³/mol. The zero-order valence-electron chi connectivity index (χ0n) is 17.1. The van der Waals surface area contributed by atoms with Crippen LogP contribution in [0.4, 0.5) is 17.1 Å². The summed E-state index contributed by atoms with van der Waals surface area (Å²) < 4.78 is 10.7. The van der Waals surface area contributed by atoms with Crippen LogP contribution in [0.2, 0.25) is 0 Å². The second kappa shape index (κ2) is 9.10. The molecule has 0 aliphatic heterocycles. The average molecular weight is 391 g/mol. The van der Waals surface area contributed by atoms with Crippen LogP contribution in [0.1, 0.15) is 23.0 Å². The summed E-state index contributed by atoms with van der Waals surface area (Å²) in [6.07, 6.45) is 1.62. The van der Waals surface area contributed by atoms with Gasteiger partial charge in [-0.3, -0.25) is 9.78 Å². The van der Waals surface area contributed by atoms with E-state index in [1.165, 1.54) is 0 Å². The van der Waals surface area contributed by atoms with Crippen molar-refractivity contribution in [3.8, 4) is 11.5 Å². The van der Waals surface area contributed by atoms with Crippen LogP contribution in [0, 0.1) is 6.92 Å². The molecule has 1 N–H and O–H groups in total. The minimum Gasteiger partial charge on any atom is -0.497 e. The summed E-state index contributed by atoms with van der Waals surface area (Å²) >= 11 is 0. The summed E-state index contributed by atoms with van der Waals surface area (Å²) in [6.45, 7) is 4.51. The molecule has 0 radical (unpaired) electrons. The molecular weight excluding hydrogens is 366 g/mol. The van der Waals surface area contributed by atoms with Crippen molar-refractivity contribution in [2.24, 2.45) is 0 Å². The lowest BCUT2D eigenvalue weighted by molar-refractivity contribution is 0.0983. The summed E-state index contributed by atoms with van der Waals surface area (Å²) in [5.41, 5.74) is 3.83. The minimum absolute atomic E-state index is 0.150. The Kier molecular flexibility index (Phi) is 6.34. The van der Waals surface area contributed by atoms with Gasteiger partial charge < -0.3 is 19.7 Å². The van der Waals surface area contributed by atoms with E-state index < -0.39 is 0 Å². The maximum Gasteiger partial charge on any atom is 0.276 e. The molecule has 0 aliphatic carbocycles. The van der Waals surface area contributed by atoms with Crippen LogP contribution in [-0.2, 0) is 0 Å². The Morgan fingerprint density at radius 2 is 1.90 bits per heavy atom. The molecule has 0 fully saturated rings. The summed E-state index contributed by atoms with van der Waals surface area (Å²) in [5, 5.41) is 3.28. The quantitative estimate of drug-likeness (QED) is 0.626. The molecular formula is C23H25N3O3. The molecule has 3 rings (SSSR count). The van der Waals surface area contributed by atoms with Crippen molar-refractivity contribution in [1.82, 2.24) is 4.98 Å². The zero-order chi connectivity index (χ0) is 20.8. The SMILES string of the molecule is CCN(C(=O)c1cc(Nc2ccc(OC)cc2OC)ccn1)c1cccc(C)c1. The van der Waals surface area contributed by atoms with E-state index >= 15 is 0 Å². The van der Waals surface area contributed by atoms with Gasteiger partial charge in [0.25, 0.3) is 5.91 Å². The molecule has 0 bridgehead atoms. The number of amides is 1. The van der Waals surface area contributed by atoms with Gasteiger partial charge in [0.05, 0.1) is 19.9 Å². The molecule has 1 aromatic heterocycles. The number of nitrogens with one attached hydrogen (secondary N) is 1. The van der Waals surface area contributed by atoms with Gasteiger partial charge in [0, 0.05) is 30.2 Å². The Morgan fingerprint density at radius 3 is 2.59 bits per heavy atom. The molecule has 3 aromatic rings. The summed E-state index contributed by atoms with van der Waals surface area (Å²) in [7, 11) is 3.21. The molecule has 0 unspecified atom stereocenters. The van der Waals surface area contributed by atoms with E-state index in [-0.39, 0.29) is 5.91 Å². The molecule has 6 heteroatoms. The number of aromatic nitrogens is 1. The van der Waals surface area contributed by atoms with Gasteiger partial charge in [-0.15, -0.1) is 0 Å². The van der Waals surface area contributed by atoms with Crippen LogP contribution in [0.5, 0.6) is 11.5 Å².